The molecule has 0 saturated heterocycles. The Balaban J connectivity index is 2.14. The molecule has 4 N–H and O–H groups in total. The number of benzene rings is 1. The molecule has 0 spiro atoms. The first-order chi connectivity index (χ1) is 9.77. The zero-order valence-electron chi connectivity index (χ0n) is 11.7. The summed E-state index contributed by atoms with van der Waals surface area (Å²) in [4.78, 5) is 0. The molecular weight excluding hydrogens is 288 g/mol. The van der Waals surface area contributed by atoms with Crippen molar-refractivity contribution in [2.75, 3.05) is 0 Å². The van der Waals surface area contributed by atoms with E-state index in [0.29, 0.717) is 0 Å². The molecular formula is C15H18N2O3S. The van der Waals surface area contributed by atoms with E-state index < -0.39 is 16.0 Å². The molecule has 112 valence electrons. The second kappa shape index (κ2) is 5.95. The van der Waals surface area contributed by atoms with E-state index in [0.717, 1.165) is 16.7 Å². The Morgan fingerprint density at radius 2 is 2.05 bits per heavy atom. The number of hydrogen-bond acceptors (Lipinski definition) is 3. The van der Waals surface area contributed by atoms with Crippen molar-refractivity contribution in [1.29, 1.82) is 0 Å². The Bertz CT molecular complexity index is 706. The summed E-state index contributed by atoms with van der Waals surface area (Å²) in [5, 5.41) is 0. The molecule has 0 amide bonds. The van der Waals surface area contributed by atoms with Crippen LogP contribution in [0.25, 0.3) is 6.08 Å². The smallest absolute Gasteiger partial charge is 0.309 e. The Hall–Kier alpha value is -1.73. The second-order valence-corrected chi connectivity index (χ2v) is 6.21. The van der Waals surface area contributed by atoms with Crippen molar-refractivity contribution in [1.82, 2.24) is 4.72 Å². The van der Waals surface area contributed by atoms with E-state index in [1.807, 2.05) is 54.1 Å². The summed E-state index contributed by atoms with van der Waals surface area (Å²) in [6.07, 6.45) is 7.43. The Morgan fingerprint density at radius 3 is 2.57 bits per heavy atom. The van der Waals surface area contributed by atoms with Crippen LogP contribution in [0.5, 0.6) is 0 Å². The molecule has 2 rings (SSSR count). The van der Waals surface area contributed by atoms with Crippen molar-refractivity contribution >= 4 is 16.4 Å². The van der Waals surface area contributed by atoms with Gasteiger partial charge in [0.05, 0.1) is 0 Å². The third kappa shape index (κ3) is 4.64. The molecule has 0 saturated carbocycles. The van der Waals surface area contributed by atoms with Crippen LogP contribution in [0, 0.1) is 0 Å². The van der Waals surface area contributed by atoms with E-state index in [2.05, 4.69) is 0 Å². The molecule has 1 aliphatic rings. The van der Waals surface area contributed by atoms with Gasteiger partial charge in [-0.25, -0.2) is 0 Å². The largest absolute Gasteiger partial charge is 0.335 e. The second-order valence-electron chi connectivity index (χ2n) is 5.05. The molecule has 21 heavy (non-hydrogen) atoms. The van der Waals surface area contributed by atoms with E-state index in [1.54, 1.807) is 12.2 Å². The van der Waals surface area contributed by atoms with Crippen LogP contribution < -0.4 is 10.5 Å². The predicted molar refractivity (Wildman–Crippen MR) is 83.5 cm³/mol. The Kier molecular flexibility index (Phi) is 4.43. The maximum Gasteiger partial charge on any atom is 0.335 e. The first kappa shape index (κ1) is 15.7. The summed E-state index contributed by atoms with van der Waals surface area (Å²) in [6.45, 7) is 1.98. The average Bonchev–Trinajstić information content (AvgIpc) is 2.38. The van der Waals surface area contributed by atoms with Gasteiger partial charge in [0.1, 0.15) is 5.66 Å². The highest BCUT2D eigenvalue weighted by molar-refractivity contribution is 7.83. The van der Waals surface area contributed by atoms with Crippen LogP contribution >= 0.6 is 0 Å². The highest BCUT2D eigenvalue weighted by Gasteiger charge is 2.27. The Labute approximate surface area is 124 Å². The van der Waals surface area contributed by atoms with Crippen molar-refractivity contribution in [2.24, 2.45) is 5.73 Å². The van der Waals surface area contributed by atoms with Gasteiger partial charge in [0.25, 0.3) is 0 Å². The fourth-order valence-electron chi connectivity index (χ4n) is 2.14. The van der Waals surface area contributed by atoms with Crippen LogP contribution in [0.4, 0.5) is 0 Å². The minimum Gasteiger partial charge on any atom is -0.309 e. The SMILES string of the molecule is CC(=Cc1ccccc1)C1=CCC(N)(NS(=O)(=O)O)C=C1. The van der Waals surface area contributed by atoms with Gasteiger partial charge in [0.2, 0.25) is 0 Å². The number of rotatable bonds is 4. The number of nitrogens with two attached hydrogens (primary N) is 1. The molecule has 0 fully saturated rings. The molecule has 5 nitrogen and oxygen atoms in total. The van der Waals surface area contributed by atoms with Crippen LogP contribution in [0.1, 0.15) is 18.9 Å². The van der Waals surface area contributed by atoms with Crippen LogP contribution in [0.3, 0.4) is 0 Å². The number of hydrogen-bond donors (Lipinski definition) is 3. The fraction of sp³-hybridized carbons (Fsp3) is 0.200. The van der Waals surface area contributed by atoms with Gasteiger partial charge in [-0.05, 0) is 29.7 Å². The summed E-state index contributed by atoms with van der Waals surface area (Å²) >= 11 is 0. The van der Waals surface area contributed by atoms with Crippen LogP contribution in [-0.4, -0.2) is 18.6 Å². The van der Waals surface area contributed by atoms with Gasteiger partial charge < -0.3 is 5.73 Å². The molecule has 0 heterocycles. The van der Waals surface area contributed by atoms with Crippen LogP contribution in [0.2, 0.25) is 0 Å². The molecule has 1 aliphatic carbocycles. The highest BCUT2D eigenvalue weighted by atomic mass is 32.2. The van der Waals surface area contributed by atoms with Crippen molar-refractivity contribution in [3.8, 4) is 0 Å². The van der Waals surface area contributed by atoms with Crippen LogP contribution in [-0.2, 0) is 10.3 Å². The maximum atomic E-state index is 10.9. The normalized spacial score (nSPS) is 23.0. The monoisotopic (exact) mass is 306 g/mol. The summed E-state index contributed by atoms with van der Waals surface area (Å²) < 4.78 is 32.5. The lowest BCUT2D eigenvalue weighted by atomic mass is 9.94. The fourth-order valence-corrected chi connectivity index (χ4v) is 2.78. The summed E-state index contributed by atoms with van der Waals surface area (Å²) in [7, 11) is -4.34. The lowest BCUT2D eigenvalue weighted by molar-refractivity contribution is 0.418. The van der Waals surface area contributed by atoms with Gasteiger partial charge in [0, 0.05) is 6.42 Å². The molecule has 1 unspecified atom stereocenters. The standard InChI is InChI=1S/C15H18N2O3S/c1-12(11-13-5-3-2-4-6-13)14-7-9-15(16,10-8-14)17-21(18,19)20/h2-9,11,17H,10,16H2,1H3,(H,18,19,20). The van der Waals surface area contributed by atoms with E-state index in [-0.39, 0.29) is 6.42 Å². The van der Waals surface area contributed by atoms with E-state index in [4.69, 9.17) is 10.3 Å². The predicted octanol–water partition coefficient (Wildman–Crippen LogP) is 2.02. The van der Waals surface area contributed by atoms with Crippen molar-refractivity contribution in [2.45, 2.75) is 19.0 Å². The molecule has 6 heteroatoms. The summed E-state index contributed by atoms with van der Waals surface area (Å²) in [5.41, 5.74) is 7.68. The lowest BCUT2D eigenvalue weighted by Crippen LogP contribution is -2.54. The maximum absolute atomic E-state index is 10.9. The van der Waals surface area contributed by atoms with Crippen molar-refractivity contribution < 1.29 is 13.0 Å². The van der Waals surface area contributed by atoms with Gasteiger partial charge in [-0.15, -0.1) is 0 Å². The third-order valence-corrected chi connectivity index (χ3v) is 3.82. The molecule has 0 bridgehead atoms. The topological polar surface area (TPSA) is 92.4 Å². The van der Waals surface area contributed by atoms with Crippen molar-refractivity contribution in [3.05, 3.63) is 65.3 Å². The molecule has 0 aliphatic heterocycles. The highest BCUT2D eigenvalue weighted by Crippen LogP contribution is 2.23. The molecule has 1 aromatic carbocycles. The molecule has 1 atom stereocenters. The summed E-state index contributed by atoms with van der Waals surface area (Å²) in [6, 6.07) is 9.89. The minimum atomic E-state index is -4.34. The quantitative estimate of drug-likeness (QED) is 0.586. The number of allylic oxidation sites excluding steroid dienone is 3. The van der Waals surface area contributed by atoms with E-state index in [9.17, 15) is 8.42 Å². The molecule has 0 aromatic heterocycles. The van der Waals surface area contributed by atoms with E-state index >= 15 is 0 Å². The average molecular weight is 306 g/mol. The van der Waals surface area contributed by atoms with Gasteiger partial charge in [-0.1, -0.05) is 48.6 Å². The van der Waals surface area contributed by atoms with Gasteiger partial charge in [0.15, 0.2) is 0 Å². The zero-order valence-corrected chi connectivity index (χ0v) is 12.5. The Morgan fingerprint density at radius 1 is 1.38 bits per heavy atom. The molecule has 0 radical (unpaired) electrons. The van der Waals surface area contributed by atoms with Gasteiger partial charge >= 0.3 is 10.3 Å². The van der Waals surface area contributed by atoms with Crippen LogP contribution in [0.15, 0.2) is 59.7 Å². The van der Waals surface area contributed by atoms with Gasteiger partial charge in [-0.2, -0.15) is 13.1 Å². The van der Waals surface area contributed by atoms with E-state index in [1.165, 1.54) is 0 Å². The zero-order chi connectivity index (χ0) is 15.5. The number of nitrogens with one attached hydrogen (secondary N) is 1. The first-order valence-corrected chi connectivity index (χ1v) is 7.90. The summed E-state index contributed by atoms with van der Waals surface area (Å²) in [5.74, 6) is 0. The van der Waals surface area contributed by atoms with Gasteiger partial charge in [-0.3, -0.25) is 4.55 Å². The van der Waals surface area contributed by atoms with Crippen molar-refractivity contribution in [3.63, 3.8) is 0 Å². The molecule has 1 aromatic rings. The first-order valence-electron chi connectivity index (χ1n) is 6.46. The third-order valence-electron chi connectivity index (χ3n) is 3.18. The lowest BCUT2D eigenvalue weighted by Gasteiger charge is -2.27. The minimum absolute atomic E-state index is 0.262.